The zero-order valence-electron chi connectivity index (χ0n) is 19.2. The highest BCUT2D eigenvalue weighted by molar-refractivity contribution is 5.82. The number of piperazine rings is 1. The fourth-order valence-corrected chi connectivity index (χ4v) is 4.36. The van der Waals surface area contributed by atoms with Gasteiger partial charge in [-0.05, 0) is 50.5 Å². The van der Waals surface area contributed by atoms with Gasteiger partial charge in [-0.15, -0.1) is 0 Å². The summed E-state index contributed by atoms with van der Waals surface area (Å²) in [7, 11) is 0. The normalized spacial score (nSPS) is 18.8. The second kappa shape index (κ2) is 10.6. The van der Waals surface area contributed by atoms with E-state index >= 15 is 0 Å². The van der Waals surface area contributed by atoms with E-state index < -0.39 is 0 Å². The maximum atomic E-state index is 12.8. The van der Waals surface area contributed by atoms with Gasteiger partial charge in [0.1, 0.15) is 0 Å². The summed E-state index contributed by atoms with van der Waals surface area (Å²) in [5.74, 6) is 1.99. The molecule has 2 aromatic heterocycles. The summed E-state index contributed by atoms with van der Waals surface area (Å²) in [5, 5.41) is 7.68. The lowest BCUT2D eigenvalue weighted by Gasteiger charge is -2.39. The van der Waals surface area contributed by atoms with Crippen molar-refractivity contribution in [2.24, 2.45) is 4.99 Å². The molecule has 1 amide bonds. The molecule has 2 aliphatic heterocycles. The van der Waals surface area contributed by atoms with Crippen molar-refractivity contribution in [3.05, 3.63) is 42.4 Å². The Morgan fingerprint density at radius 3 is 2.59 bits per heavy atom. The van der Waals surface area contributed by atoms with E-state index in [0.29, 0.717) is 6.54 Å². The van der Waals surface area contributed by atoms with Gasteiger partial charge in [-0.25, -0.2) is 14.7 Å². The first-order valence-electron chi connectivity index (χ1n) is 11.7. The largest absolute Gasteiger partial charge is 0.357 e. The van der Waals surface area contributed by atoms with Crippen LogP contribution in [0.3, 0.4) is 0 Å². The van der Waals surface area contributed by atoms with Gasteiger partial charge in [-0.1, -0.05) is 0 Å². The minimum absolute atomic E-state index is 0.0488. The van der Waals surface area contributed by atoms with Gasteiger partial charge in [0.05, 0.1) is 12.6 Å². The van der Waals surface area contributed by atoms with Crippen molar-refractivity contribution in [3.63, 3.8) is 0 Å². The van der Waals surface area contributed by atoms with E-state index in [0.717, 1.165) is 76.0 Å². The van der Waals surface area contributed by atoms with Crippen LogP contribution in [0.4, 0.5) is 0 Å². The van der Waals surface area contributed by atoms with Gasteiger partial charge in [-0.2, -0.15) is 5.10 Å². The summed E-state index contributed by atoms with van der Waals surface area (Å²) < 4.78 is 1.75. The highest BCUT2D eigenvalue weighted by Crippen LogP contribution is 2.14. The van der Waals surface area contributed by atoms with Gasteiger partial charge < -0.3 is 15.1 Å². The first-order chi connectivity index (χ1) is 15.7. The number of aromatic nitrogens is 3. The van der Waals surface area contributed by atoms with Crippen LogP contribution in [0.1, 0.15) is 32.3 Å². The molecule has 4 heterocycles. The summed E-state index contributed by atoms with van der Waals surface area (Å²) in [6.07, 6.45) is 7.70. The number of rotatable bonds is 6. The summed E-state index contributed by atoms with van der Waals surface area (Å²) >= 11 is 0. The average molecular weight is 439 g/mol. The molecule has 0 spiro atoms. The summed E-state index contributed by atoms with van der Waals surface area (Å²) in [6, 6.07) is 5.84. The van der Waals surface area contributed by atoms with Crippen molar-refractivity contribution >= 4 is 11.9 Å². The Morgan fingerprint density at radius 1 is 1.12 bits per heavy atom. The van der Waals surface area contributed by atoms with Gasteiger partial charge in [0.2, 0.25) is 5.91 Å². The number of amides is 1. The maximum absolute atomic E-state index is 12.8. The topological polar surface area (TPSA) is 81.9 Å². The van der Waals surface area contributed by atoms with Gasteiger partial charge in [0.25, 0.3) is 0 Å². The molecule has 0 aromatic carbocycles. The lowest BCUT2D eigenvalue weighted by Crippen LogP contribution is -2.57. The smallest absolute Gasteiger partial charge is 0.239 e. The van der Waals surface area contributed by atoms with Crippen LogP contribution >= 0.6 is 0 Å². The highest BCUT2D eigenvalue weighted by atomic mass is 16.2. The maximum Gasteiger partial charge on any atom is 0.239 e. The number of hydrogen-bond acceptors (Lipinski definition) is 5. The van der Waals surface area contributed by atoms with Crippen molar-refractivity contribution in [2.45, 2.75) is 39.3 Å². The Bertz CT molecular complexity index is 898. The molecule has 2 aliphatic rings. The zero-order chi connectivity index (χ0) is 22.3. The van der Waals surface area contributed by atoms with E-state index in [2.05, 4.69) is 39.0 Å². The summed E-state index contributed by atoms with van der Waals surface area (Å²) in [4.78, 5) is 28.7. The molecule has 1 unspecified atom stereocenters. The van der Waals surface area contributed by atoms with Gasteiger partial charge in [-0.3, -0.25) is 9.69 Å². The van der Waals surface area contributed by atoms with E-state index in [1.807, 2.05) is 29.3 Å². The Kier molecular flexibility index (Phi) is 7.36. The van der Waals surface area contributed by atoms with Crippen LogP contribution in [0.15, 0.2) is 41.8 Å². The van der Waals surface area contributed by atoms with E-state index in [1.54, 1.807) is 17.1 Å². The fraction of sp³-hybridized carbons (Fsp3) is 0.565. The molecule has 0 saturated carbocycles. The molecule has 0 aliphatic carbocycles. The average Bonchev–Trinajstić information content (AvgIpc) is 3.56. The number of guanidine groups is 1. The van der Waals surface area contributed by atoms with Gasteiger partial charge in [0, 0.05) is 64.4 Å². The summed E-state index contributed by atoms with van der Waals surface area (Å²) in [5.41, 5.74) is 1.09. The first kappa shape index (κ1) is 22.3. The quantitative estimate of drug-likeness (QED) is 0.542. The lowest BCUT2D eigenvalue weighted by atomic mass is 10.2. The number of aliphatic imine (C=N–C) groups is 1. The van der Waals surface area contributed by atoms with E-state index in [4.69, 9.17) is 4.99 Å². The molecule has 172 valence electrons. The Labute approximate surface area is 190 Å². The monoisotopic (exact) mass is 438 g/mol. The van der Waals surface area contributed by atoms with E-state index in [1.165, 1.54) is 0 Å². The minimum atomic E-state index is -0.0488. The van der Waals surface area contributed by atoms with Crippen LogP contribution in [0.2, 0.25) is 0 Å². The standard InChI is InChI=1S/C23H34N8O/c1-3-24-23(26-18-20-7-9-25-21(17-20)31-12-6-8-27-31)30-15-13-28(14-16-30)19(2)22(32)29-10-4-5-11-29/h6-9,12,17,19H,3-5,10-11,13-16,18H2,1-2H3,(H,24,26). The highest BCUT2D eigenvalue weighted by Gasteiger charge is 2.30. The SMILES string of the molecule is CCNC(=NCc1ccnc(-n2cccn2)c1)N1CCN(C(C)C(=O)N2CCCC2)CC1. The van der Waals surface area contributed by atoms with Crippen molar-refractivity contribution in [3.8, 4) is 5.82 Å². The van der Waals surface area contributed by atoms with Crippen molar-refractivity contribution in [1.82, 2.24) is 34.8 Å². The van der Waals surface area contributed by atoms with Crippen LogP contribution in [-0.4, -0.2) is 93.2 Å². The molecule has 9 heteroatoms. The van der Waals surface area contributed by atoms with Crippen LogP contribution in [0.5, 0.6) is 0 Å². The number of hydrogen-bond donors (Lipinski definition) is 1. The molecule has 2 saturated heterocycles. The number of nitrogens with one attached hydrogen (secondary N) is 1. The number of pyridine rings is 1. The number of carbonyl (C=O) groups excluding carboxylic acids is 1. The fourth-order valence-electron chi connectivity index (χ4n) is 4.36. The summed E-state index contributed by atoms with van der Waals surface area (Å²) in [6.45, 7) is 10.8. The second-order valence-corrected chi connectivity index (χ2v) is 8.37. The third-order valence-corrected chi connectivity index (χ3v) is 6.23. The van der Waals surface area contributed by atoms with E-state index in [-0.39, 0.29) is 11.9 Å². The molecule has 2 aromatic rings. The lowest BCUT2D eigenvalue weighted by molar-refractivity contribution is -0.135. The van der Waals surface area contributed by atoms with Crippen molar-refractivity contribution < 1.29 is 4.79 Å². The number of carbonyl (C=O) groups is 1. The molecular weight excluding hydrogens is 404 g/mol. The van der Waals surface area contributed by atoms with Gasteiger partial charge in [0.15, 0.2) is 11.8 Å². The first-order valence-corrected chi connectivity index (χ1v) is 11.7. The number of likely N-dealkylation sites (tertiary alicyclic amines) is 1. The zero-order valence-corrected chi connectivity index (χ0v) is 19.2. The minimum Gasteiger partial charge on any atom is -0.357 e. The van der Waals surface area contributed by atoms with Crippen LogP contribution in [0.25, 0.3) is 5.82 Å². The van der Waals surface area contributed by atoms with Crippen LogP contribution < -0.4 is 5.32 Å². The Hall–Kier alpha value is -2.94. The molecule has 1 N–H and O–H groups in total. The molecule has 9 nitrogen and oxygen atoms in total. The van der Waals surface area contributed by atoms with Crippen molar-refractivity contribution in [1.29, 1.82) is 0 Å². The second-order valence-electron chi connectivity index (χ2n) is 8.37. The van der Waals surface area contributed by atoms with E-state index in [9.17, 15) is 4.79 Å². The molecule has 32 heavy (non-hydrogen) atoms. The molecule has 1 atom stereocenters. The van der Waals surface area contributed by atoms with Crippen LogP contribution in [0, 0.1) is 0 Å². The predicted octanol–water partition coefficient (Wildman–Crippen LogP) is 1.36. The predicted molar refractivity (Wildman–Crippen MR) is 125 cm³/mol. The molecule has 4 rings (SSSR count). The number of nitrogens with zero attached hydrogens (tertiary/aromatic N) is 7. The Morgan fingerprint density at radius 2 is 1.91 bits per heavy atom. The third-order valence-electron chi connectivity index (χ3n) is 6.23. The molecule has 0 bridgehead atoms. The van der Waals surface area contributed by atoms with Gasteiger partial charge >= 0.3 is 0 Å². The molecular formula is C23H34N8O. The van der Waals surface area contributed by atoms with Crippen molar-refractivity contribution in [2.75, 3.05) is 45.8 Å². The van der Waals surface area contributed by atoms with Crippen LogP contribution in [-0.2, 0) is 11.3 Å². The molecule has 2 fully saturated rings. The third kappa shape index (κ3) is 5.27. The Balaban J connectivity index is 1.35. The molecule has 0 radical (unpaired) electrons.